The zero-order valence-electron chi connectivity index (χ0n) is 25.2. The van der Waals surface area contributed by atoms with Crippen LogP contribution in [-0.2, 0) is 19.1 Å². The Balaban J connectivity index is 1.28. The number of hydrogen-bond acceptors (Lipinski definition) is 10. The van der Waals surface area contributed by atoms with E-state index < -0.39 is 22.8 Å². The SMILES string of the molecule is COC(=O)C1=C(C)NC(C)=C(C(=O)OCCCCCCOc2cc(-c3ccc(OC)cc3)[nH]n2)C1c1cccc([N+](=O)[O-])c1. The second kappa shape index (κ2) is 14.9. The molecule has 12 heteroatoms. The van der Waals surface area contributed by atoms with Crippen molar-refractivity contribution < 1.29 is 33.5 Å². The van der Waals surface area contributed by atoms with Crippen molar-refractivity contribution in [2.75, 3.05) is 27.4 Å². The molecule has 2 aromatic carbocycles. The third-order valence-corrected chi connectivity index (χ3v) is 7.28. The Hall–Kier alpha value is -5.13. The fourth-order valence-corrected chi connectivity index (χ4v) is 5.07. The van der Waals surface area contributed by atoms with Gasteiger partial charge in [-0.15, -0.1) is 5.10 Å². The maximum Gasteiger partial charge on any atom is 0.336 e. The number of benzene rings is 2. The van der Waals surface area contributed by atoms with Crippen LogP contribution in [-0.4, -0.2) is 54.5 Å². The minimum atomic E-state index is -0.888. The predicted octanol–water partition coefficient (Wildman–Crippen LogP) is 5.58. The summed E-state index contributed by atoms with van der Waals surface area (Å²) in [7, 11) is 2.87. The van der Waals surface area contributed by atoms with E-state index in [4.69, 9.17) is 18.9 Å². The third-order valence-electron chi connectivity index (χ3n) is 7.28. The molecule has 1 aliphatic heterocycles. The summed E-state index contributed by atoms with van der Waals surface area (Å²) in [6.45, 7) is 4.08. The highest BCUT2D eigenvalue weighted by molar-refractivity contribution is 5.99. The first-order valence-corrected chi connectivity index (χ1v) is 14.2. The fourth-order valence-electron chi connectivity index (χ4n) is 5.07. The zero-order valence-corrected chi connectivity index (χ0v) is 25.2. The highest BCUT2D eigenvalue weighted by Crippen LogP contribution is 2.40. The van der Waals surface area contributed by atoms with E-state index in [0.717, 1.165) is 36.3 Å². The lowest BCUT2D eigenvalue weighted by Gasteiger charge is -2.30. The Bertz CT molecular complexity index is 1560. The van der Waals surface area contributed by atoms with Crippen LogP contribution in [0.2, 0.25) is 0 Å². The number of rotatable bonds is 14. The summed E-state index contributed by atoms with van der Waals surface area (Å²) < 4.78 is 21.6. The van der Waals surface area contributed by atoms with E-state index in [0.29, 0.717) is 35.9 Å². The van der Waals surface area contributed by atoms with Gasteiger partial charge >= 0.3 is 11.9 Å². The molecule has 1 atom stereocenters. The van der Waals surface area contributed by atoms with E-state index in [-0.39, 0.29) is 23.4 Å². The summed E-state index contributed by atoms with van der Waals surface area (Å²) in [4.78, 5) is 37.0. The smallest absolute Gasteiger partial charge is 0.336 e. The lowest BCUT2D eigenvalue weighted by atomic mass is 9.80. The van der Waals surface area contributed by atoms with Gasteiger partial charge in [0.25, 0.3) is 5.69 Å². The number of carbonyl (C=O) groups excluding carboxylic acids is 2. The van der Waals surface area contributed by atoms with E-state index in [9.17, 15) is 19.7 Å². The number of carbonyl (C=O) groups is 2. The van der Waals surface area contributed by atoms with Gasteiger partial charge in [-0.3, -0.25) is 15.2 Å². The minimum Gasteiger partial charge on any atom is -0.497 e. The molecule has 0 amide bonds. The Morgan fingerprint density at radius 3 is 2.25 bits per heavy atom. The number of nitro groups is 1. The van der Waals surface area contributed by atoms with Crippen molar-refractivity contribution in [1.29, 1.82) is 0 Å². The van der Waals surface area contributed by atoms with Gasteiger partial charge in [0.15, 0.2) is 0 Å². The maximum atomic E-state index is 13.3. The maximum absolute atomic E-state index is 13.3. The Labute approximate surface area is 255 Å². The quantitative estimate of drug-likeness (QED) is 0.103. The third kappa shape index (κ3) is 7.63. The molecule has 0 radical (unpaired) electrons. The van der Waals surface area contributed by atoms with Crippen LogP contribution in [0.15, 0.2) is 77.1 Å². The molecule has 232 valence electrons. The van der Waals surface area contributed by atoms with Gasteiger partial charge in [-0.25, -0.2) is 9.59 Å². The van der Waals surface area contributed by atoms with Crippen molar-refractivity contribution in [2.24, 2.45) is 0 Å². The van der Waals surface area contributed by atoms with Crippen molar-refractivity contribution in [3.05, 3.63) is 92.8 Å². The van der Waals surface area contributed by atoms with Crippen molar-refractivity contribution >= 4 is 17.6 Å². The summed E-state index contributed by atoms with van der Waals surface area (Å²) >= 11 is 0. The predicted molar refractivity (Wildman–Crippen MR) is 162 cm³/mol. The van der Waals surface area contributed by atoms with Gasteiger partial charge in [0.05, 0.1) is 55.1 Å². The molecule has 1 unspecified atom stereocenters. The van der Waals surface area contributed by atoms with Crippen LogP contribution in [0.4, 0.5) is 5.69 Å². The lowest BCUT2D eigenvalue weighted by Crippen LogP contribution is -2.32. The molecule has 1 aliphatic rings. The molecule has 3 aromatic rings. The van der Waals surface area contributed by atoms with E-state index in [1.165, 1.54) is 25.3 Å². The van der Waals surface area contributed by atoms with E-state index in [1.54, 1.807) is 27.0 Å². The molecule has 0 spiro atoms. The van der Waals surface area contributed by atoms with Crippen molar-refractivity contribution in [3.8, 4) is 22.9 Å². The highest BCUT2D eigenvalue weighted by Gasteiger charge is 2.38. The molecule has 2 heterocycles. The fraction of sp³-hybridized carbons (Fsp3) is 0.344. The molecule has 44 heavy (non-hydrogen) atoms. The van der Waals surface area contributed by atoms with Gasteiger partial charge in [-0.1, -0.05) is 12.1 Å². The van der Waals surface area contributed by atoms with Crippen LogP contribution in [0.25, 0.3) is 11.3 Å². The average Bonchev–Trinajstić information content (AvgIpc) is 3.50. The first-order chi connectivity index (χ1) is 21.2. The number of allylic oxidation sites excluding steroid dienone is 2. The number of dihydropyridines is 1. The molecule has 0 saturated carbocycles. The van der Waals surface area contributed by atoms with Gasteiger partial charge in [0, 0.05) is 29.6 Å². The minimum absolute atomic E-state index is 0.151. The number of aromatic amines is 1. The second-order valence-corrected chi connectivity index (χ2v) is 10.2. The summed E-state index contributed by atoms with van der Waals surface area (Å²) in [5.74, 6) is -0.834. The summed E-state index contributed by atoms with van der Waals surface area (Å²) in [5, 5.41) is 21.7. The summed E-state index contributed by atoms with van der Waals surface area (Å²) in [6, 6.07) is 15.4. The molecule has 0 fully saturated rings. The average molecular weight is 605 g/mol. The summed E-state index contributed by atoms with van der Waals surface area (Å²) in [5.41, 5.74) is 3.49. The van der Waals surface area contributed by atoms with Gasteiger partial charge in [-0.05, 0) is 74.9 Å². The molecule has 0 saturated heterocycles. The van der Waals surface area contributed by atoms with E-state index in [1.807, 2.05) is 30.3 Å². The zero-order chi connectivity index (χ0) is 31.6. The number of non-ortho nitro benzene ring substituents is 1. The Morgan fingerprint density at radius 1 is 0.909 bits per heavy atom. The van der Waals surface area contributed by atoms with Gasteiger partial charge in [0.2, 0.25) is 5.88 Å². The number of nitrogens with zero attached hydrogens (tertiary/aromatic N) is 2. The number of nitrogens with one attached hydrogen (secondary N) is 2. The Kier molecular flexibility index (Phi) is 10.7. The first kappa shape index (κ1) is 31.8. The number of methoxy groups -OCH3 is 2. The van der Waals surface area contributed by atoms with Crippen molar-refractivity contribution in [3.63, 3.8) is 0 Å². The standard InChI is InChI=1S/C32H36N4O8/c1-20-28(31(37)42-4)30(23-10-9-11-24(18-23)36(39)40)29(21(2)33-20)32(38)44-17-8-6-5-7-16-43-27-19-26(34-35-27)22-12-14-25(41-3)15-13-22/h9-15,18-19,30,33H,5-8,16-17H2,1-4H3,(H,34,35). The number of nitro benzene ring substituents is 1. The van der Waals surface area contributed by atoms with Crippen LogP contribution < -0.4 is 14.8 Å². The number of unbranched alkanes of at least 4 members (excludes halogenated alkanes) is 3. The lowest BCUT2D eigenvalue weighted by molar-refractivity contribution is -0.384. The van der Waals surface area contributed by atoms with E-state index >= 15 is 0 Å². The number of esters is 2. The van der Waals surface area contributed by atoms with Gasteiger partial charge < -0.3 is 24.3 Å². The Morgan fingerprint density at radius 2 is 1.59 bits per heavy atom. The highest BCUT2D eigenvalue weighted by atomic mass is 16.6. The topological polar surface area (TPSA) is 155 Å². The van der Waals surface area contributed by atoms with Crippen LogP contribution >= 0.6 is 0 Å². The van der Waals surface area contributed by atoms with Crippen LogP contribution in [0.1, 0.15) is 51.0 Å². The van der Waals surface area contributed by atoms with E-state index in [2.05, 4.69) is 15.5 Å². The summed E-state index contributed by atoms with van der Waals surface area (Å²) in [6.07, 6.45) is 3.11. The van der Waals surface area contributed by atoms with Crippen molar-refractivity contribution in [1.82, 2.24) is 15.5 Å². The van der Waals surface area contributed by atoms with Gasteiger partial charge in [0.1, 0.15) is 5.75 Å². The largest absolute Gasteiger partial charge is 0.497 e. The molecular weight excluding hydrogens is 568 g/mol. The number of hydrogen-bond donors (Lipinski definition) is 2. The molecule has 12 nitrogen and oxygen atoms in total. The number of ether oxygens (including phenoxy) is 4. The monoisotopic (exact) mass is 604 g/mol. The molecule has 0 aliphatic carbocycles. The number of aromatic nitrogens is 2. The van der Waals surface area contributed by atoms with Crippen LogP contribution in [0, 0.1) is 10.1 Å². The van der Waals surface area contributed by atoms with Crippen LogP contribution in [0.5, 0.6) is 11.6 Å². The molecular formula is C32H36N4O8. The number of H-pyrrole nitrogens is 1. The second-order valence-electron chi connectivity index (χ2n) is 10.2. The molecule has 2 N–H and O–H groups in total. The first-order valence-electron chi connectivity index (χ1n) is 14.2. The van der Waals surface area contributed by atoms with Gasteiger partial charge in [-0.2, -0.15) is 0 Å². The molecule has 0 bridgehead atoms. The van der Waals surface area contributed by atoms with Crippen molar-refractivity contribution in [2.45, 2.75) is 45.4 Å². The normalized spacial score (nSPS) is 14.6. The molecule has 1 aromatic heterocycles. The molecule has 4 rings (SSSR count). The van der Waals surface area contributed by atoms with Crippen LogP contribution in [0.3, 0.4) is 0 Å².